The molecule has 0 unspecified atom stereocenters. The van der Waals surface area contributed by atoms with Gasteiger partial charge in [-0.3, -0.25) is 0 Å². The van der Waals surface area contributed by atoms with Crippen LogP contribution in [0.25, 0.3) is 0 Å². The van der Waals surface area contributed by atoms with Crippen LogP contribution in [0.3, 0.4) is 0 Å². The number of nitrogens with zero attached hydrogens (tertiary/aromatic N) is 1. The number of thiocarbonyl (C=S) groups is 1. The normalized spacial score (nSPS) is 11.9. The zero-order valence-corrected chi connectivity index (χ0v) is 9.96. The first-order chi connectivity index (χ1) is 5.30. The first-order valence-corrected chi connectivity index (χ1v) is 5.02. The molecule has 0 fully saturated rings. The van der Waals surface area contributed by atoms with Gasteiger partial charge in [-0.15, -0.1) is 0 Å². The zero-order chi connectivity index (χ0) is 9.94. The second-order valence-corrected chi connectivity index (χ2v) is 4.82. The minimum atomic E-state index is 0.121. The number of hydrogen-bond donors (Lipinski definition) is 0. The van der Waals surface area contributed by atoms with Gasteiger partial charge >= 0.3 is 0 Å². The summed E-state index contributed by atoms with van der Waals surface area (Å²) in [6, 6.07) is 0.515. The third-order valence-corrected chi connectivity index (χ3v) is 2.71. The molecule has 0 radical (unpaired) electrons. The molecule has 72 valence electrons. The fourth-order valence-electron chi connectivity index (χ4n) is 1.17. The van der Waals surface area contributed by atoms with E-state index in [-0.39, 0.29) is 5.41 Å². The maximum atomic E-state index is 5.41. The summed E-state index contributed by atoms with van der Waals surface area (Å²) in [7, 11) is 0. The van der Waals surface area contributed by atoms with Gasteiger partial charge in [0.05, 0.1) is 4.99 Å². The molecular formula is C10H21NS. The van der Waals surface area contributed by atoms with Gasteiger partial charge in [-0.2, -0.15) is 0 Å². The Bertz CT molecular complexity index is 156. The van der Waals surface area contributed by atoms with E-state index in [0.717, 1.165) is 11.5 Å². The standard InChI is InChI=1S/C10H21NS/c1-7-11(8(2)3)9(12)10(4,5)6/h8H,7H2,1-6H3. The molecule has 0 heterocycles. The Hall–Kier alpha value is -0.110. The second-order valence-electron chi connectivity index (χ2n) is 4.43. The molecule has 1 nitrogen and oxygen atoms in total. The van der Waals surface area contributed by atoms with Crippen LogP contribution >= 0.6 is 12.2 Å². The van der Waals surface area contributed by atoms with Gasteiger partial charge in [0.25, 0.3) is 0 Å². The van der Waals surface area contributed by atoms with Gasteiger partial charge in [0.15, 0.2) is 0 Å². The molecule has 0 atom stereocenters. The third-order valence-electron chi connectivity index (χ3n) is 1.87. The molecule has 0 bridgehead atoms. The van der Waals surface area contributed by atoms with Crippen molar-refractivity contribution >= 4 is 17.2 Å². The van der Waals surface area contributed by atoms with E-state index in [0.29, 0.717) is 6.04 Å². The molecule has 0 aromatic heterocycles. The van der Waals surface area contributed by atoms with Crippen LogP contribution in [0.5, 0.6) is 0 Å². The number of rotatable bonds is 2. The predicted octanol–water partition coefficient (Wildman–Crippen LogP) is 3.09. The molecule has 0 saturated heterocycles. The molecule has 2 heteroatoms. The van der Waals surface area contributed by atoms with Crippen molar-refractivity contribution in [1.29, 1.82) is 0 Å². The molecule has 0 aromatic carbocycles. The molecule has 0 rings (SSSR count). The van der Waals surface area contributed by atoms with E-state index in [2.05, 4.69) is 46.4 Å². The van der Waals surface area contributed by atoms with Gasteiger partial charge in [0.1, 0.15) is 0 Å². The average Bonchev–Trinajstić information content (AvgIpc) is 1.86. The van der Waals surface area contributed by atoms with Gasteiger partial charge in [0.2, 0.25) is 0 Å². The molecule has 0 amide bonds. The maximum absolute atomic E-state index is 5.41. The maximum Gasteiger partial charge on any atom is 0.0835 e. The Kier molecular flexibility index (Phi) is 4.18. The molecule has 0 aliphatic carbocycles. The monoisotopic (exact) mass is 187 g/mol. The molecule has 0 N–H and O–H groups in total. The van der Waals surface area contributed by atoms with Crippen molar-refractivity contribution in [3.63, 3.8) is 0 Å². The molecule has 12 heavy (non-hydrogen) atoms. The van der Waals surface area contributed by atoms with Gasteiger partial charge in [-0.1, -0.05) is 33.0 Å². The number of hydrogen-bond acceptors (Lipinski definition) is 1. The summed E-state index contributed by atoms with van der Waals surface area (Å²) in [6.45, 7) is 14.0. The van der Waals surface area contributed by atoms with Crippen LogP contribution in [0.15, 0.2) is 0 Å². The Morgan fingerprint density at radius 3 is 1.83 bits per heavy atom. The minimum absolute atomic E-state index is 0.121. The van der Waals surface area contributed by atoms with Crippen LogP contribution in [0.1, 0.15) is 41.5 Å². The van der Waals surface area contributed by atoms with Gasteiger partial charge < -0.3 is 4.90 Å². The van der Waals surface area contributed by atoms with E-state index >= 15 is 0 Å². The fourth-order valence-corrected chi connectivity index (χ4v) is 1.51. The highest BCUT2D eigenvalue weighted by Gasteiger charge is 2.23. The van der Waals surface area contributed by atoms with E-state index < -0.39 is 0 Å². The predicted molar refractivity (Wildman–Crippen MR) is 59.6 cm³/mol. The van der Waals surface area contributed by atoms with Crippen molar-refractivity contribution in [2.24, 2.45) is 5.41 Å². The van der Waals surface area contributed by atoms with Crippen LogP contribution in [0.2, 0.25) is 0 Å². The van der Waals surface area contributed by atoms with E-state index in [1.165, 1.54) is 0 Å². The molecular weight excluding hydrogens is 166 g/mol. The van der Waals surface area contributed by atoms with Crippen LogP contribution in [-0.4, -0.2) is 22.5 Å². The summed E-state index contributed by atoms with van der Waals surface area (Å²) in [6.07, 6.45) is 0. The lowest BCUT2D eigenvalue weighted by molar-refractivity contribution is 0.337. The lowest BCUT2D eigenvalue weighted by Crippen LogP contribution is -2.42. The fraction of sp³-hybridized carbons (Fsp3) is 0.900. The van der Waals surface area contributed by atoms with Crippen molar-refractivity contribution in [3.8, 4) is 0 Å². The SMILES string of the molecule is CCN(C(=S)C(C)(C)C)C(C)C. The highest BCUT2D eigenvalue weighted by molar-refractivity contribution is 7.80. The van der Waals surface area contributed by atoms with Crippen molar-refractivity contribution in [2.45, 2.75) is 47.6 Å². The Morgan fingerprint density at radius 1 is 1.33 bits per heavy atom. The summed E-state index contributed by atoms with van der Waals surface area (Å²) >= 11 is 5.41. The highest BCUT2D eigenvalue weighted by Crippen LogP contribution is 2.20. The molecule has 0 aliphatic heterocycles. The van der Waals surface area contributed by atoms with E-state index in [9.17, 15) is 0 Å². The Labute approximate surface area is 82.1 Å². The van der Waals surface area contributed by atoms with Crippen LogP contribution in [0.4, 0.5) is 0 Å². The average molecular weight is 187 g/mol. The topological polar surface area (TPSA) is 3.24 Å². The molecule has 0 spiro atoms. The molecule has 0 saturated carbocycles. The zero-order valence-electron chi connectivity index (χ0n) is 9.14. The van der Waals surface area contributed by atoms with Crippen LogP contribution in [-0.2, 0) is 0 Å². The van der Waals surface area contributed by atoms with Gasteiger partial charge in [-0.05, 0) is 20.8 Å². The summed E-state index contributed by atoms with van der Waals surface area (Å²) < 4.78 is 0. The van der Waals surface area contributed by atoms with Gasteiger partial charge in [0, 0.05) is 18.0 Å². The van der Waals surface area contributed by atoms with Gasteiger partial charge in [-0.25, -0.2) is 0 Å². The summed E-state index contributed by atoms with van der Waals surface area (Å²) in [5.41, 5.74) is 0.121. The minimum Gasteiger partial charge on any atom is -0.364 e. The van der Waals surface area contributed by atoms with Crippen LogP contribution in [0, 0.1) is 5.41 Å². The van der Waals surface area contributed by atoms with E-state index in [1.807, 2.05) is 0 Å². The van der Waals surface area contributed by atoms with Crippen molar-refractivity contribution in [2.75, 3.05) is 6.54 Å². The lowest BCUT2D eigenvalue weighted by Gasteiger charge is -2.34. The Balaban J connectivity index is 4.44. The molecule has 0 aromatic rings. The first kappa shape index (κ1) is 11.9. The van der Waals surface area contributed by atoms with E-state index in [4.69, 9.17) is 12.2 Å². The van der Waals surface area contributed by atoms with Crippen LogP contribution < -0.4 is 0 Å². The highest BCUT2D eigenvalue weighted by atomic mass is 32.1. The molecule has 0 aliphatic rings. The lowest BCUT2D eigenvalue weighted by atomic mass is 9.95. The quantitative estimate of drug-likeness (QED) is 0.611. The third kappa shape index (κ3) is 3.10. The van der Waals surface area contributed by atoms with Crippen molar-refractivity contribution < 1.29 is 0 Å². The first-order valence-electron chi connectivity index (χ1n) is 4.61. The van der Waals surface area contributed by atoms with E-state index in [1.54, 1.807) is 0 Å². The summed E-state index contributed by atoms with van der Waals surface area (Å²) in [5, 5.41) is 0. The second kappa shape index (κ2) is 4.22. The van der Waals surface area contributed by atoms with Crippen molar-refractivity contribution in [3.05, 3.63) is 0 Å². The van der Waals surface area contributed by atoms with Crippen molar-refractivity contribution in [1.82, 2.24) is 4.90 Å². The largest absolute Gasteiger partial charge is 0.364 e. The Morgan fingerprint density at radius 2 is 1.75 bits per heavy atom. The summed E-state index contributed by atoms with van der Waals surface area (Å²) in [4.78, 5) is 3.34. The summed E-state index contributed by atoms with van der Waals surface area (Å²) in [5.74, 6) is 0. The smallest absolute Gasteiger partial charge is 0.0835 e.